The van der Waals surface area contributed by atoms with Crippen LogP contribution >= 0.6 is 11.3 Å². The minimum Gasteiger partial charge on any atom is -0.395 e. The van der Waals surface area contributed by atoms with E-state index in [9.17, 15) is 4.79 Å². The van der Waals surface area contributed by atoms with Gasteiger partial charge in [-0.05, 0) is 37.1 Å². The molecule has 0 aromatic carbocycles. The van der Waals surface area contributed by atoms with E-state index < -0.39 is 0 Å². The number of aliphatic hydroxyl groups is 1. The lowest BCUT2D eigenvalue weighted by Gasteiger charge is -2.31. The van der Waals surface area contributed by atoms with Gasteiger partial charge in [0.2, 0.25) is 0 Å². The van der Waals surface area contributed by atoms with Crippen LogP contribution in [-0.2, 0) is 0 Å². The monoisotopic (exact) mass is 291 g/mol. The third-order valence-corrected chi connectivity index (χ3v) is 4.59. The molecule has 0 spiro atoms. The molecule has 4 heteroatoms. The summed E-state index contributed by atoms with van der Waals surface area (Å²) in [6, 6.07) is 1.89. The van der Waals surface area contributed by atoms with Gasteiger partial charge in [0.1, 0.15) is 4.88 Å². The van der Waals surface area contributed by atoms with E-state index in [0.29, 0.717) is 12.3 Å². The third kappa shape index (κ3) is 3.62. The van der Waals surface area contributed by atoms with Crippen molar-refractivity contribution in [2.75, 3.05) is 19.7 Å². The Labute approximate surface area is 124 Å². The van der Waals surface area contributed by atoms with Crippen molar-refractivity contribution in [2.45, 2.75) is 32.6 Å². The van der Waals surface area contributed by atoms with Crippen molar-refractivity contribution in [1.29, 1.82) is 0 Å². The lowest BCUT2D eigenvalue weighted by atomic mass is 9.85. The summed E-state index contributed by atoms with van der Waals surface area (Å²) in [5, 5.41) is 10.7. The number of hydrogen-bond donors (Lipinski definition) is 1. The van der Waals surface area contributed by atoms with Gasteiger partial charge in [0.25, 0.3) is 5.91 Å². The summed E-state index contributed by atoms with van der Waals surface area (Å²) in [4.78, 5) is 15.3. The van der Waals surface area contributed by atoms with Gasteiger partial charge in [-0.15, -0.1) is 11.3 Å². The number of aliphatic hydroxyl groups excluding tert-OH is 1. The van der Waals surface area contributed by atoms with Crippen molar-refractivity contribution in [2.24, 2.45) is 5.92 Å². The largest absolute Gasteiger partial charge is 0.395 e. The zero-order valence-electron chi connectivity index (χ0n) is 11.9. The molecule has 1 aromatic heterocycles. The second-order valence-electron chi connectivity index (χ2n) is 5.08. The average Bonchev–Trinajstić information content (AvgIpc) is 2.86. The second-order valence-corrected chi connectivity index (χ2v) is 6.00. The maximum atomic E-state index is 12.6. The van der Waals surface area contributed by atoms with Crippen molar-refractivity contribution in [3.63, 3.8) is 0 Å². The number of carbonyl (C=O) groups excluding carboxylic acids is 1. The van der Waals surface area contributed by atoms with Crippen LogP contribution in [0.4, 0.5) is 0 Å². The summed E-state index contributed by atoms with van der Waals surface area (Å²) in [5.74, 6) is 6.66. The van der Waals surface area contributed by atoms with E-state index in [4.69, 9.17) is 5.11 Å². The van der Waals surface area contributed by atoms with Crippen LogP contribution in [0.15, 0.2) is 11.4 Å². The molecule has 0 unspecified atom stereocenters. The Morgan fingerprint density at radius 1 is 1.55 bits per heavy atom. The van der Waals surface area contributed by atoms with E-state index in [2.05, 4.69) is 11.8 Å². The number of carbonyl (C=O) groups is 1. The van der Waals surface area contributed by atoms with E-state index in [1.807, 2.05) is 23.3 Å². The molecule has 0 aliphatic heterocycles. The van der Waals surface area contributed by atoms with Crippen molar-refractivity contribution in [1.82, 2.24) is 4.90 Å². The molecule has 1 aliphatic rings. The van der Waals surface area contributed by atoms with Gasteiger partial charge in [-0.1, -0.05) is 18.3 Å². The Morgan fingerprint density at radius 2 is 2.35 bits per heavy atom. The Hall–Kier alpha value is -1.31. The summed E-state index contributed by atoms with van der Waals surface area (Å²) in [7, 11) is 0. The molecule has 1 N–H and O–H groups in total. The molecule has 20 heavy (non-hydrogen) atoms. The minimum atomic E-state index is 0.0587. The fraction of sp³-hybridized carbons (Fsp3) is 0.562. The van der Waals surface area contributed by atoms with Crippen LogP contribution in [0.3, 0.4) is 0 Å². The van der Waals surface area contributed by atoms with Crippen LogP contribution in [0.25, 0.3) is 0 Å². The van der Waals surface area contributed by atoms with Gasteiger partial charge < -0.3 is 10.0 Å². The van der Waals surface area contributed by atoms with Crippen molar-refractivity contribution < 1.29 is 9.90 Å². The van der Waals surface area contributed by atoms with E-state index in [-0.39, 0.29) is 12.5 Å². The smallest absolute Gasteiger partial charge is 0.265 e. The highest BCUT2D eigenvalue weighted by Crippen LogP contribution is 2.28. The minimum absolute atomic E-state index is 0.0587. The summed E-state index contributed by atoms with van der Waals surface area (Å²) < 4.78 is 0. The third-order valence-electron chi connectivity index (χ3n) is 3.69. The molecule has 1 heterocycles. The molecule has 2 rings (SSSR count). The molecule has 108 valence electrons. The lowest BCUT2D eigenvalue weighted by molar-refractivity contribution is 0.0711. The van der Waals surface area contributed by atoms with Crippen LogP contribution in [0, 0.1) is 17.8 Å². The molecule has 1 aromatic rings. The Morgan fingerprint density at radius 3 is 2.95 bits per heavy atom. The van der Waals surface area contributed by atoms with Crippen LogP contribution in [-0.4, -0.2) is 35.6 Å². The normalized spacial score (nSPS) is 14.3. The first-order valence-corrected chi connectivity index (χ1v) is 8.10. The maximum Gasteiger partial charge on any atom is 0.265 e. The summed E-state index contributed by atoms with van der Waals surface area (Å²) in [6.07, 6.45) is 4.24. The van der Waals surface area contributed by atoms with Crippen molar-refractivity contribution >= 4 is 17.2 Å². The Balaban J connectivity index is 2.07. The van der Waals surface area contributed by atoms with Gasteiger partial charge in [0, 0.05) is 25.1 Å². The SMILES string of the molecule is CCN(CC1CCC1)C(=O)c1sccc1C#CCCO. The predicted octanol–water partition coefficient (Wildman–Crippen LogP) is 2.74. The predicted molar refractivity (Wildman–Crippen MR) is 81.8 cm³/mol. The lowest BCUT2D eigenvalue weighted by Crippen LogP contribution is -2.37. The van der Waals surface area contributed by atoms with Crippen molar-refractivity contribution in [3.05, 3.63) is 21.9 Å². The molecular weight excluding hydrogens is 270 g/mol. The highest BCUT2D eigenvalue weighted by Gasteiger charge is 2.24. The topological polar surface area (TPSA) is 40.5 Å². The van der Waals surface area contributed by atoms with E-state index in [0.717, 1.165) is 23.5 Å². The summed E-state index contributed by atoms with van der Waals surface area (Å²) in [5.41, 5.74) is 0.792. The molecule has 0 saturated heterocycles. The van der Waals surface area contributed by atoms with Gasteiger partial charge in [0.15, 0.2) is 0 Å². The molecule has 1 aliphatic carbocycles. The van der Waals surface area contributed by atoms with Gasteiger partial charge >= 0.3 is 0 Å². The van der Waals surface area contributed by atoms with Crippen LogP contribution in [0.1, 0.15) is 47.8 Å². The molecule has 1 saturated carbocycles. The summed E-state index contributed by atoms with van der Waals surface area (Å²) in [6.45, 7) is 3.71. The average molecular weight is 291 g/mol. The van der Waals surface area contributed by atoms with Crippen LogP contribution in [0.5, 0.6) is 0 Å². The first-order valence-electron chi connectivity index (χ1n) is 7.22. The van der Waals surface area contributed by atoms with Gasteiger partial charge in [0.05, 0.1) is 6.61 Å². The Bertz CT molecular complexity index is 508. The number of thiophene rings is 1. The zero-order valence-corrected chi connectivity index (χ0v) is 12.7. The van der Waals surface area contributed by atoms with Gasteiger partial charge in [-0.25, -0.2) is 0 Å². The first kappa shape index (κ1) is 15.1. The van der Waals surface area contributed by atoms with Crippen LogP contribution in [0.2, 0.25) is 0 Å². The summed E-state index contributed by atoms with van der Waals surface area (Å²) >= 11 is 1.46. The standard InChI is InChI=1S/C16H21NO2S/c1-2-17(12-13-6-5-7-13)16(19)15-14(9-11-20-15)8-3-4-10-18/h9,11,13,18H,2,4-7,10,12H2,1H3. The van der Waals surface area contributed by atoms with E-state index in [1.54, 1.807) is 0 Å². The quantitative estimate of drug-likeness (QED) is 0.847. The fourth-order valence-corrected chi connectivity index (χ4v) is 3.09. The number of hydrogen-bond acceptors (Lipinski definition) is 3. The molecular formula is C16H21NO2S. The molecule has 0 radical (unpaired) electrons. The second kappa shape index (κ2) is 7.47. The Kier molecular flexibility index (Phi) is 5.63. The van der Waals surface area contributed by atoms with E-state index in [1.165, 1.54) is 30.6 Å². The zero-order chi connectivity index (χ0) is 14.4. The molecule has 1 fully saturated rings. The van der Waals surface area contributed by atoms with E-state index >= 15 is 0 Å². The molecule has 0 atom stereocenters. The molecule has 0 bridgehead atoms. The fourth-order valence-electron chi connectivity index (χ4n) is 2.27. The highest BCUT2D eigenvalue weighted by molar-refractivity contribution is 7.12. The molecule has 3 nitrogen and oxygen atoms in total. The number of nitrogens with zero attached hydrogens (tertiary/aromatic N) is 1. The maximum absolute atomic E-state index is 12.6. The highest BCUT2D eigenvalue weighted by atomic mass is 32.1. The number of rotatable bonds is 5. The first-order chi connectivity index (χ1) is 9.76. The van der Waals surface area contributed by atoms with Crippen LogP contribution < -0.4 is 0 Å². The number of amides is 1. The van der Waals surface area contributed by atoms with Gasteiger partial charge in [-0.2, -0.15) is 0 Å². The van der Waals surface area contributed by atoms with Gasteiger partial charge in [-0.3, -0.25) is 4.79 Å². The van der Waals surface area contributed by atoms with Crippen molar-refractivity contribution in [3.8, 4) is 11.8 Å². The molecule has 1 amide bonds.